The molecular formula is C28H31ClN8O2. The average Bonchev–Trinajstić information content (AvgIpc) is 2.94. The van der Waals surface area contributed by atoms with E-state index in [4.69, 9.17) is 28.8 Å². The van der Waals surface area contributed by atoms with Crippen molar-refractivity contribution in [2.45, 2.75) is 32.1 Å². The van der Waals surface area contributed by atoms with Crippen LogP contribution in [-0.4, -0.2) is 52.3 Å². The number of carbonyl (C=O) groups is 2. The summed E-state index contributed by atoms with van der Waals surface area (Å²) in [4.78, 5) is 39.0. The number of carbonyl (C=O) groups excluding carboxylic acids is 2. The third-order valence-electron chi connectivity index (χ3n) is 7.01. The zero-order valence-corrected chi connectivity index (χ0v) is 22.2. The number of aryl methyl sites for hydroxylation is 1. The molecule has 10 nitrogen and oxygen atoms in total. The van der Waals surface area contributed by atoms with E-state index < -0.39 is 5.91 Å². The third kappa shape index (κ3) is 7.36. The number of anilines is 2. The summed E-state index contributed by atoms with van der Waals surface area (Å²) in [5.41, 5.74) is 19.2. The van der Waals surface area contributed by atoms with Crippen LogP contribution in [0.25, 0.3) is 0 Å². The summed E-state index contributed by atoms with van der Waals surface area (Å²) < 4.78 is 0. The van der Waals surface area contributed by atoms with Crippen LogP contribution in [0.2, 0.25) is 5.15 Å². The maximum atomic E-state index is 12.9. The number of likely N-dealkylation sites (tertiary alicyclic amines) is 1. The Morgan fingerprint density at radius 2 is 1.79 bits per heavy atom. The summed E-state index contributed by atoms with van der Waals surface area (Å²) in [6, 6.07) is 21.5. The lowest BCUT2D eigenvalue weighted by atomic mass is 9.74. The number of nitrogen functional groups attached to an aromatic ring is 2. The molecule has 0 radical (unpaired) electrons. The number of halogens is 1. The Labute approximate surface area is 232 Å². The molecular weight excluding hydrogens is 516 g/mol. The first-order valence-corrected chi connectivity index (χ1v) is 13.0. The molecule has 11 heteroatoms. The van der Waals surface area contributed by atoms with E-state index in [-0.39, 0.29) is 39.8 Å². The minimum atomic E-state index is -0.779. The molecule has 7 N–H and O–H groups in total. The molecule has 0 bridgehead atoms. The number of hydrogen-bond donors (Lipinski definition) is 4. The topological polar surface area (TPSA) is 166 Å². The molecule has 202 valence electrons. The smallest absolute Gasteiger partial charge is 0.302 e. The molecule has 2 heterocycles. The number of nitrogens with zero attached hydrogens (tertiary/aromatic N) is 4. The van der Waals surface area contributed by atoms with Gasteiger partial charge in [0.2, 0.25) is 5.91 Å². The first-order chi connectivity index (χ1) is 18.7. The molecule has 1 saturated heterocycles. The molecule has 1 aliphatic heterocycles. The zero-order valence-electron chi connectivity index (χ0n) is 21.5. The molecule has 0 saturated carbocycles. The van der Waals surface area contributed by atoms with Crippen molar-refractivity contribution in [2.75, 3.05) is 31.1 Å². The fourth-order valence-electron chi connectivity index (χ4n) is 4.65. The van der Waals surface area contributed by atoms with Gasteiger partial charge in [0.25, 0.3) is 0 Å². The van der Waals surface area contributed by atoms with E-state index >= 15 is 0 Å². The standard InChI is InChI=1S/C28H31ClN8O2/c29-23-25(31)35-24(30)22(34-23)26(39)36-27(32)33-18-28(12-11-19-7-3-1-4-8-19)13-15-37(16-14-28)21(38)17-20-9-5-2-6-10-20/h2-3,5-10H,11-18H2,(H4,30,31,35)(H3,32,33,36,39). The maximum absolute atomic E-state index is 12.9. The van der Waals surface area contributed by atoms with E-state index in [1.54, 1.807) is 0 Å². The van der Waals surface area contributed by atoms with Crippen molar-refractivity contribution >= 4 is 41.0 Å². The van der Waals surface area contributed by atoms with Gasteiger partial charge >= 0.3 is 5.91 Å². The highest BCUT2D eigenvalue weighted by Crippen LogP contribution is 2.36. The number of guanidine groups is 1. The van der Waals surface area contributed by atoms with E-state index in [1.807, 2.05) is 53.4 Å². The second-order valence-corrected chi connectivity index (χ2v) is 10.0. The number of aromatic nitrogens is 2. The Hall–Kier alpha value is -4.36. The van der Waals surface area contributed by atoms with Crippen LogP contribution in [0.4, 0.5) is 11.6 Å². The van der Waals surface area contributed by atoms with Crippen molar-refractivity contribution in [3.05, 3.63) is 82.6 Å². The van der Waals surface area contributed by atoms with Crippen LogP contribution >= 0.6 is 11.6 Å². The van der Waals surface area contributed by atoms with E-state index in [0.717, 1.165) is 36.8 Å². The Kier molecular flexibility index (Phi) is 8.84. The Morgan fingerprint density at radius 3 is 2.49 bits per heavy atom. The number of amides is 2. The second-order valence-electron chi connectivity index (χ2n) is 9.67. The summed E-state index contributed by atoms with van der Waals surface area (Å²) in [6.45, 7) is 1.74. The minimum Gasteiger partial charge on any atom is -0.382 e. The lowest BCUT2D eigenvalue weighted by molar-refractivity contribution is -0.132. The number of nitrogens with one attached hydrogen (secondary N) is 1. The first-order valence-electron chi connectivity index (χ1n) is 12.6. The predicted octanol–water partition coefficient (Wildman–Crippen LogP) is 2.42. The van der Waals surface area contributed by atoms with E-state index in [0.29, 0.717) is 26.1 Å². The summed E-state index contributed by atoms with van der Waals surface area (Å²) in [6.07, 6.45) is 3.61. The first kappa shape index (κ1) is 27.7. The van der Waals surface area contributed by atoms with Crippen molar-refractivity contribution in [3.8, 4) is 0 Å². The highest BCUT2D eigenvalue weighted by Gasteiger charge is 2.35. The molecule has 2 aromatic carbocycles. The highest BCUT2D eigenvalue weighted by atomic mass is 35.5. The van der Waals surface area contributed by atoms with E-state index in [1.165, 1.54) is 0 Å². The quantitative estimate of drug-likeness (QED) is 0.247. The molecule has 4 rings (SSSR count). The van der Waals surface area contributed by atoms with Gasteiger partial charge in [-0.25, -0.2) is 9.97 Å². The largest absolute Gasteiger partial charge is 0.382 e. The molecule has 1 fully saturated rings. The fraction of sp³-hybridized carbons (Fsp3) is 0.321. The Morgan fingerprint density at radius 1 is 1.05 bits per heavy atom. The molecule has 1 aromatic heterocycles. The van der Waals surface area contributed by atoms with Gasteiger partial charge in [-0.1, -0.05) is 60.1 Å². The van der Waals surface area contributed by atoms with Gasteiger partial charge in [0.15, 0.2) is 28.4 Å². The molecule has 0 aliphatic carbocycles. The van der Waals surface area contributed by atoms with Crippen LogP contribution in [0.3, 0.4) is 0 Å². The van der Waals surface area contributed by atoms with E-state index in [2.05, 4.69) is 32.4 Å². The van der Waals surface area contributed by atoms with Gasteiger partial charge in [0.05, 0.1) is 6.42 Å². The number of rotatable bonds is 8. The lowest BCUT2D eigenvalue weighted by Crippen LogP contribution is -2.49. The van der Waals surface area contributed by atoms with Crippen molar-refractivity contribution in [1.82, 2.24) is 20.2 Å². The molecule has 39 heavy (non-hydrogen) atoms. The predicted molar refractivity (Wildman–Crippen MR) is 151 cm³/mol. The summed E-state index contributed by atoms with van der Waals surface area (Å²) in [5.74, 6) is -0.995. The summed E-state index contributed by atoms with van der Waals surface area (Å²) >= 11 is 5.88. The Bertz CT molecular complexity index is 1330. The van der Waals surface area contributed by atoms with Crippen LogP contribution in [0.5, 0.6) is 0 Å². The van der Waals surface area contributed by atoms with Crippen LogP contribution in [-0.2, 0) is 17.6 Å². The molecule has 2 amide bonds. The highest BCUT2D eigenvalue weighted by molar-refractivity contribution is 6.31. The second kappa shape index (κ2) is 12.5. The van der Waals surface area contributed by atoms with Gasteiger partial charge in [0.1, 0.15) is 0 Å². The van der Waals surface area contributed by atoms with Gasteiger partial charge < -0.3 is 27.4 Å². The van der Waals surface area contributed by atoms with E-state index in [9.17, 15) is 9.59 Å². The number of piperidine rings is 1. The van der Waals surface area contributed by atoms with Gasteiger partial charge in [-0.3, -0.25) is 9.59 Å². The van der Waals surface area contributed by atoms with Crippen LogP contribution in [0, 0.1) is 17.5 Å². The van der Waals surface area contributed by atoms with Crippen molar-refractivity contribution in [2.24, 2.45) is 16.1 Å². The summed E-state index contributed by atoms with van der Waals surface area (Å²) in [5, 5.41) is 2.96. The number of nitrogens with two attached hydrogens (primary N) is 3. The molecule has 3 aromatic rings. The summed E-state index contributed by atoms with van der Waals surface area (Å²) in [7, 11) is 0. The van der Waals surface area contributed by atoms with Gasteiger partial charge in [-0.05, 0) is 54.4 Å². The average molecular weight is 547 g/mol. The van der Waals surface area contributed by atoms with Crippen molar-refractivity contribution in [1.29, 1.82) is 0 Å². The molecule has 0 unspecified atom stereocenters. The van der Waals surface area contributed by atoms with Crippen LogP contribution < -0.4 is 22.5 Å². The maximum Gasteiger partial charge on any atom is 0.302 e. The number of hydrogen-bond acceptors (Lipinski definition) is 6. The normalized spacial score (nSPS) is 14.9. The number of aliphatic imine (C=N–C) groups is 1. The third-order valence-corrected chi connectivity index (χ3v) is 7.29. The molecule has 0 spiro atoms. The molecule has 1 aliphatic rings. The van der Waals surface area contributed by atoms with Gasteiger partial charge in [0, 0.05) is 19.6 Å². The lowest BCUT2D eigenvalue weighted by Gasteiger charge is -2.42. The van der Waals surface area contributed by atoms with Crippen LogP contribution in [0.15, 0.2) is 53.5 Å². The minimum absolute atomic E-state index is 0.0706. The van der Waals surface area contributed by atoms with Crippen molar-refractivity contribution in [3.63, 3.8) is 0 Å². The van der Waals surface area contributed by atoms with Gasteiger partial charge in [-0.2, -0.15) is 4.99 Å². The SMILES string of the molecule is N/C(=N\C(=O)c1nc(Cl)c(N)nc1N)NCC1(CCc2cc#ccc2)CCN(C(=O)Cc2ccccc2)CC1. The number of benzene rings is 1. The van der Waals surface area contributed by atoms with Crippen LogP contribution in [0.1, 0.15) is 40.9 Å². The zero-order chi connectivity index (χ0) is 27.8. The van der Waals surface area contributed by atoms with Crippen molar-refractivity contribution < 1.29 is 9.59 Å². The van der Waals surface area contributed by atoms with Gasteiger partial charge in [-0.15, -0.1) is 0 Å². The fourth-order valence-corrected chi connectivity index (χ4v) is 4.78. The molecule has 0 atom stereocenters. The monoisotopic (exact) mass is 546 g/mol. The Balaban J connectivity index is 1.42.